The normalized spacial score (nSPS) is 22.5. The molecule has 2 saturated heterocycles. The predicted molar refractivity (Wildman–Crippen MR) is 115 cm³/mol. The van der Waals surface area contributed by atoms with Gasteiger partial charge in [-0.05, 0) is 42.5 Å². The van der Waals surface area contributed by atoms with Crippen molar-refractivity contribution in [3.05, 3.63) is 35.8 Å². The van der Waals surface area contributed by atoms with Gasteiger partial charge >= 0.3 is 0 Å². The average Bonchev–Trinajstić information content (AvgIpc) is 2.92. The van der Waals surface area contributed by atoms with Crippen molar-refractivity contribution in [2.45, 2.75) is 31.8 Å². The van der Waals surface area contributed by atoms with Gasteiger partial charge in [0.2, 0.25) is 5.91 Å². The molecule has 3 heterocycles. The van der Waals surface area contributed by atoms with Crippen molar-refractivity contribution in [2.24, 2.45) is 18.7 Å². The predicted octanol–water partition coefficient (Wildman–Crippen LogP) is 2.93. The van der Waals surface area contributed by atoms with E-state index in [1.807, 2.05) is 18.0 Å². The number of likely N-dealkylation sites (tertiary alicyclic amines) is 2. The van der Waals surface area contributed by atoms with E-state index in [9.17, 15) is 9.18 Å². The second kappa shape index (κ2) is 9.44. The molecule has 0 bridgehead atoms. The quantitative estimate of drug-likeness (QED) is 0.810. The number of nitrogens with two attached hydrogens (primary N) is 1. The maximum absolute atomic E-state index is 13.7. The number of carbonyl (C=O) groups is 1. The summed E-state index contributed by atoms with van der Waals surface area (Å²) in [4.78, 5) is 16.7. The molecule has 0 spiro atoms. The van der Waals surface area contributed by atoms with Crippen LogP contribution in [0.4, 0.5) is 4.39 Å². The molecule has 2 N–H and O–H groups in total. The minimum atomic E-state index is -0.188. The highest BCUT2D eigenvalue weighted by molar-refractivity contribution is 5.86. The van der Waals surface area contributed by atoms with Crippen molar-refractivity contribution >= 4 is 41.6 Å². The van der Waals surface area contributed by atoms with Gasteiger partial charge in [-0.2, -0.15) is 0 Å². The summed E-state index contributed by atoms with van der Waals surface area (Å²) < 4.78 is 15.8. The number of aryl methyl sites for hydroxylation is 1. The molecule has 2 aliphatic heterocycles. The van der Waals surface area contributed by atoms with Gasteiger partial charge in [0.25, 0.3) is 0 Å². The lowest BCUT2D eigenvalue weighted by molar-refractivity contribution is -0.140. The smallest absolute Gasteiger partial charge is 0.222 e. The molecular formula is C20H29Cl2FN4O. The van der Waals surface area contributed by atoms with Crippen LogP contribution < -0.4 is 5.73 Å². The summed E-state index contributed by atoms with van der Waals surface area (Å²) >= 11 is 0. The van der Waals surface area contributed by atoms with E-state index in [0.717, 1.165) is 43.4 Å². The fourth-order valence-electron chi connectivity index (χ4n) is 4.81. The lowest BCUT2D eigenvalue weighted by Gasteiger charge is -2.47. The second-order valence-corrected chi connectivity index (χ2v) is 7.69. The Bertz CT molecular complexity index is 828. The van der Waals surface area contributed by atoms with E-state index >= 15 is 0 Å². The minimum absolute atomic E-state index is 0. The van der Waals surface area contributed by atoms with Crippen LogP contribution in [0, 0.1) is 11.7 Å². The van der Waals surface area contributed by atoms with Crippen LogP contribution >= 0.6 is 24.8 Å². The first kappa shape index (κ1) is 22.9. The molecular weight excluding hydrogens is 402 g/mol. The third kappa shape index (κ3) is 4.30. The molecule has 28 heavy (non-hydrogen) atoms. The summed E-state index contributed by atoms with van der Waals surface area (Å²) in [5, 5.41) is 0.998. The van der Waals surface area contributed by atoms with Crippen LogP contribution in [0.5, 0.6) is 0 Å². The first-order chi connectivity index (χ1) is 12.6. The first-order valence-electron chi connectivity index (χ1n) is 9.52. The Balaban J connectivity index is 0.00000140. The summed E-state index contributed by atoms with van der Waals surface area (Å²) in [6.07, 6.45) is 4.70. The molecule has 2 fully saturated rings. The fourth-order valence-corrected chi connectivity index (χ4v) is 4.81. The fraction of sp³-hybridized carbons (Fsp3) is 0.550. The molecule has 0 radical (unpaired) electrons. The maximum Gasteiger partial charge on any atom is 0.222 e. The largest absolute Gasteiger partial charge is 0.350 e. The molecule has 5 nitrogen and oxygen atoms in total. The van der Waals surface area contributed by atoms with Crippen LogP contribution in [0.1, 0.15) is 24.8 Å². The maximum atomic E-state index is 13.7. The lowest BCUT2D eigenvalue weighted by Crippen LogP contribution is -2.56. The zero-order valence-electron chi connectivity index (χ0n) is 16.1. The van der Waals surface area contributed by atoms with Gasteiger partial charge in [0.1, 0.15) is 5.82 Å². The molecule has 2 aliphatic rings. The van der Waals surface area contributed by atoms with Gasteiger partial charge in [-0.1, -0.05) is 0 Å². The zero-order chi connectivity index (χ0) is 18.3. The number of piperidine rings is 2. The zero-order valence-corrected chi connectivity index (χ0v) is 17.8. The number of rotatable bonds is 4. The Labute approximate surface area is 177 Å². The van der Waals surface area contributed by atoms with Gasteiger partial charge in [-0.25, -0.2) is 4.39 Å². The Morgan fingerprint density at radius 3 is 2.79 bits per heavy atom. The number of aromatic nitrogens is 1. The first-order valence-corrected chi connectivity index (χ1v) is 9.52. The molecule has 0 aliphatic carbocycles. The van der Waals surface area contributed by atoms with Gasteiger partial charge in [0.05, 0.1) is 0 Å². The summed E-state index contributed by atoms with van der Waals surface area (Å²) in [7, 11) is 2.01. The van der Waals surface area contributed by atoms with Crippen molar-refractivity contribution < 1.29 is 9.18 Å². The van der Waals surface area contributed by atoms with E-state index in [1.165, 1.54) is 11.6 Å². The lowest BCUT2D eigenvalue weighted by atomic mass is 9.83. The number of hydrogen-bond donors (Lipinski definition) is 1. The molecule has 1 aromatic heterocycles. The molecule has 1 aromatic carbocycles. The Morgan fingerprint density at radius 1 is 1.25 bits per heavy atom. The van der Waals surface area contributed by atoms with Crippen molar-refractivity contribution in [2.75, 3.05) is 26.2 Å². The summed E-state index contributed by atoms with van der Waals surface area (Å²) in [6, 6.07) is 5.33. The summed E-state index contributed by atoms with van der Waals surface area (Å²) in [5.74, 6) is 0.585. The highest BCUT2D eigenvalue weighted by atomic mass is 35.5. The average molecular weight is 431 g/mol. The molecule has 2 aromatic rings. The minimum Gasteiger partial charge on any atom is -0.350 e. The number of hydrogen-bond acceptors (Lipinski definition) is 3. The van der Waals surface area contributed by atoms with Gasteiger partial charge in [0.15, 0.2) is 0 Å². The van der Waals surface area contributed by atoms with Crippen LogP contribution in [0.3, 0.4) is 0 Å². The molecule has 4 rings (SSSR count). The molecule has 2 atom stereocenters. The van der Waals surface area contributed by atoms with Crippen molar-refractivity contribution in [3.63, 3.8) is 0 Å². The standard InChI is InChI=1S/C20H27FN4O.2ClH/c1-23-11-15(17-10-16(21)3-4-19(17)23)13-24-8-6-18-14(12-24)2-5-20(26)25(18)9-7-22;;/h3-4,10-11,14,18H,2,5-9,12-13,22H2,1H3;2*1H/t14-,18+;;/m0../s1. The van der Waals surface area contributed by atoms with Crippen LogP contribution in [0.15, 0.2) is 24.4 Å². The third-order valence-electron chi connectivity index (χ3n) is 6.03. The van der Waals surface area contributed by atoms with Crippen molar-refractivity contribution in [3.8, 4) is 0 Å². The highest BCUT2D eigenvalue weighted by Gasteiger charge is 2.38. The van der Waals surface area contributed by atoms with Crippen LogP contribution in [0.2, 0.25) is 0 Å². The number of carbonyl (C=O) groups excluding carboxylic acids is 1. The van der Waals surface area contributed by atoms with Crippen molar-refractivity contribution in [1.29, 1.82) is 0 Å². The molecule has 156 valence electrons. The van der Waals surface area contributed by atoms with Gasteiger partial charge in [-0.15, -0.1) is 24.8 Å². The highest BCUT2D eigenvalue weighted by Crippen LogP contribution is 2.32. The van der Waals surface area contributed by atoms with E-state index in [1.54, 1.807) is 6.07 Å². The monoisotopic (exact) mass is 430 g/mol. The van der Waals surface area contributed by atoms with E-state index in [-0.39, 0.29) is 36.5 Å². The number of fused-ring (bicyclic) bond motifs is 2. The van der Waals surface area contributed by atoms with E-state index in [0.29, 0.717) is 31.5 Å². The van der Waals surface area contributed by atoms with Crippen LogP contribution in [0.25, 0.3) is 10.9 Å². The molecule has 0 saturated carbocycles. The summed E-state index contributed by atoms with van der Waals surface area (Å²) in [6.45, 7) is 3.98. The van der Waals surface area contributed by atoms with E-state index < -0.39 is 0 Å². The second-order valence-electron chi connectivity index (χ2n) is 7.69. The Hall–Kier alpha value is -1.34. The van der Waals surface area contributed by atoms with Crippen LogP contribution in [-0.4, -0.2) is 52.5 Å². The Morgan fingerprint density at radius 2 is 2.04 bits per heavy atom. The summed E-state index contributed by atoms with van der Waals surface area (Å²) in [5.41, 5.74) is 7.94. The van der Waals surface area contributed by atoms with Gasteiger partial charge in [0, 0.05) is 69.3 Å². The number of benzene rings is 1. The SMILES string of the molecule is Cl.Cl.Cn1cc(CN2CC[C@@H]3[C@@H](CCC(=O)N3CCN)C2)c2cc(F)ccc21. The van der Waals surface area contributed by atoms with E-state index in [4.69, 9.17) is 5.73 Å². The van der Waals surface area contributed by atoms with Gasteiger partial charge in [-0.3, -0.25) is 9.69 Å². The molecule has 8 heteroatoms. The van der Waals surface area contributed by atoms with Gasteiger partial charge < -0.3 is 15.2 Å². The number of amides is 1. The van der Waals surface area contributed by atoms with Crippen LogP contribution in [-0.2, 0) is 18.4 Å². The number of halogens is 3. The topological polar surface area (TPSA) is 54.5 Å². The van der Waals surface area contributed by atoms with E-state index in [2.05, 4.69) is 15.7 Å². The van der Waals surface area contributed by atoms with Crippen molar-refractivity contribution in [1.82, 2.24) is 14.4 Å². The Kier molecular flexibility index (Phi) is 7.73. The molecule has 0 unspecified atom stereocenters. The molecule has 1 amide bonds. The third-order valence-corrected chi connectivity index (χ3v) is 6.03. The number of nitrogens with zero attached hydrogens (tertiary/aromatic N) is 3.